The number of rotatable bonds is 2. The predicted molar refractivity (Wildman–Crippen MR) is 57.6 cm³/mol. The summed E-state index contributed by atoms with van der Waals surface area (Å²) in [6.45, 7) is 1.53. The highest BCUT2D eigenvalue weighted by Gasteiger charge is 2.12. The van der Waals surface area contributed by atoms with Gasteiger partial charge in [0.2, 0.25) is 0 Å². The van der Waals surface area contributed by atoms with E-state index < -0.39 is 17.5 Å². The molecule has 0 aliphatic carbocycles. The number of aliphatic imine (C=N–C) groups is 1. The normalized spacial score (nSPS) is 10.8. The van der Waals surface area contributed by atoms with Crippen LogP contribution in [0, 0.1) is 18.6 Å². The first-order chi connectivity index (χ1) is 7.41. The monoisotopic (exact) mass is 226 g/mol. The number of carbonyl (C=O) groups is 1. The largest absolute Gasteiger partial charge is 0.369 e. The quantitative estimate of drug-likeness (QED) is 0.570. The Bertz CT molecular complexity index is 442. The molecule has 0 aliphatic rings. The van der Waals surface area contributed by atoms with Crippen LogP contribution >= 0.6 is 0 Å². The van der Waals surface area contributed by atoms with Gasteiger partial charge in [0.25, 0.3) is 5.91 Å². The van der Waals surface area contributed by atoms with E-state index in [1.54, 1.807) is 19.0 Å². The first-order valence-electron chi connectivity index (χ1n) is 4.62. The van der Waals surface area contributed by atoms with E-state index in [-0.39, 0.29) is 5.56 Å². The average molecular weight is 226 g/mol. The number of halogens is 2. The predicted octanol–water partition coefficient (Wildman–Crippen LogP) is 2.00. The van der Waals surface area contributed by atoms with Gasteiger partial charge in [-0.15, -0.1) is 0 Å². The second-order valence-electron chi connectivity index (χ2n) is 3.59. The van der Waals surface area contributed by atoms with E-state index in [2.05, 4.69) is 4.99 Å². The molecule has 0 aromatic heterocycles. The van der Waals surface area contributed by atoms with Gasteiger partial charge in [-0.25, -0.2) is 8.78 Å². The highest BCUT2D eigenvalue weighted by molar-refractivity contribution is 5.99. The third-order valence-corrected chi connectivity index (χ3v) is 1.90. The maximum Gasteiger partial charge on any atom is 0.278 e. The van der Waals surface area contributed by atoms with E-state index in [1.807, 2.05) is 0 Å². The molecule has 0 saturated heterocycles. The molecule has 0 aliphatic heterocycles. The highest BCUT2D eigenvalue weighted by atomic mass is 19.2. The summed E-state index contributed by atoms with van der Waals surface area (Å²) in [5.74, 6) is -2.61. The van der Waals surface area contributed by atoms with Crippen molar-refractivity contribution < 1.29 is 13.6 Å². The minimum atomic E-state index is -1.05. The number of aryl methyl sites for hydroxylation is 1. The van der Waals surface area contributed by atoms with Crippen LogP contribution in [0.3, 0.4) is 0 Å². The molecule has 0 heterocycles. The molecule has 1 rings (SSSR count). The fraction of sp³-hybridized carbons (Fsp3) is 0.273. The summed E-state index contributed by atoms with van der Waals surface area (Å²) in [6.07, 6.45) is 1.31. The topological polar surface area (TPSA) is 32.7 Å². The van der Waals surface area contributed by atoms with E-state index in [9.17, 15) is 13.6 Å². The molecular weight excluding hydrogens is 214 g/mol. The number of nitrogens with zero attached hydrogens (tertiary/aromatic N) is 2. The molecule has 5 heteroatoms. The average Bonchev–Trinajstić information content (AvgIpc) is 2.20. The molecule has 0 fully saturated rings. The van der Waals surface area contributed by atoms with Crippen molar-refractivity contribution in [2.45, 2.75) is 6.92 Å². The fourth-order valence-electron chi connectivity index (χ4n) is 1.11. The van der Waals surface area contributed by atoms with Crippen LogP contribution in [-0.4, -0.2) is 31.2 Å². The molecule has 1 aromatic carbocycles. The number of benzene rings is 1. The van der Waals surface area contributed by atoms with Crippen LogP contribution in [0.2, 0.25) is 0 Å². The van der Waals surface area contributed by atoms with Gasteiger partial charge < -0.3 is 4.90 Å². The van der Waals surface area contributed by atoms with Crippen molar-refractivity contribution in [3.63, 3.8) is 0 Å². The van der Waals surface area contributed by atoms with E-state index in [0.717, 1.165) is 12.1 Å². The van der Waals surface area contributed by atoms with Crippen molar-refractivity contribution in [1.29, 1.82) is 0 Å². The van der Waals surface area contributed by atoms with Crippen molar-refractivity contribution in [2.24, 2.45) is 4.99 Å². The summed E-state index contributed by atoms with van der Waals surface area (Å²) in [5.41, 5.74) is 0.428. The van der Waals surface area contributed by atoms with E-state index in [1.165, 1.54) is 13.3 Å². The van der Waals surface area contributed by atoms with Crippen LogP contribution in [0.1, 0.15) is 15.9 Å². The van der Waals surface area contributed by atoms with Crippen molar-refractivity contribution in [3.8, 4) is 0 Å². The number of amides is 1. The van der Waals surface area contributed by atoms with Crippen molar-refractivity contribution in [2.75, 3.05) is 14.1 Å². The molecule has 1 amide bonds. The van der Waals surface area contributed by atoms with Gasteiger partial charge in [0.15, 0.2) is 11.6 Å². The first-order valence-corrected chi connectivity index (χ1v) is 4.62. The molecule has 3 nitrogen and oxygen atoms in total. The molecule has 0 bridgehead atoms. The third-order valence-electron chi connectivity index (χ3n) is 1.90. The molecule has 16 heavy (non-hydrogen) atoms. The maximum absolute atomic E-state index is 12.9. The molecule has 0 unspecified atom stereocenters. The van der Waals surface area contributed by atoms with Gasteiger partial charge >= 0.3 is 0 Å². The van der Waals surface area contributed by atoms with Crippen molar-refractivity contribution >= 4 is 12.2 Å². The summed E-state index contributed by atoms with van der Waals surface area (Å²) in [4.78, 5) is 16.7. The lowest BCUT2D eigenvalue weighted by Gasteiger charge is -2.04. The van der Waals surface area contributed by atoms with E-state index in [4.69, 9.17) is 0 Å². The van der Waals surface area contributed by atoms with Crippen LogP contribution in [0.4, 0.5) is 8.78 Å². The van der Waals surface area contributed by atoms with Gasteiger partial charge in [0.1, 0.15) is 0 Å². The van der Waals surface area contributed by atoms with Gasteiger partial charge in [-0.05, 0) is 24.6 Å². The van der Waals surface area contributed by atoms with Gasteiger partial charge in [-0.2, -0.15) is 4.99 Å². The van der Waals surface area contributed by atoms with Crippen LogP contribution < -0.4 is 0 Å². The zero-order chi connectivity index (χ0) is 12.3. The smallest absolute Gasteiger partial charge is 0.278 e. The van der Waals surface area contributed by atoms with Gasteiger partial charge in [-0.1, -0.05) is 0 Å². The summed E-state index contributed by atoms with van der Waals surface area (Å²) in [7, 11) is 3.41. The summed E-state index contributed by atoms with van der Waals surface area (Å²) in [5, 5.41) is 0. The minimum absolute atomic E-state index is 0.0667. The first kappa shape index (κ1) is 12.3. The summed E-state index contributed by atoms with van der Waals surface area (Å²) >= 11 is 0. The zero-order valence-corrected chi connectivity index (χ0v) is 9.29. The van der Waals surface area contributed by atoms with Crippen LogP contribution in [0.15, 0.2) is 17.1 Å². The standard InChI is InChI=1S/C11H12F2N2O/c1-7-4-9(12)10(13)5-8(7)11(16)14-6-15(2)3/h4-6H,1-3H3/b14-6+. The lowest BCUT2D eigenvalue weighted by molar-refractivity contribution is 0.100. The lowest BCUT2D eigenvalue weighted by Crippen LogP contribution is -2.10. The molecule has 0 saturated carbocycles. The Balaban J connectivity index is 3.05. The highest BCUT2D eigenvalue weighted by Crippen LogP contribution is 2.15. The second-order valence-corrected chi connectivity index (χ2v) is 3.59. The Hall–Kier alpha value is -1.78. The van der Waals surface area contributed by atoms with Gasteiger partial charge in [0.05, 0.1) is 6.34 Å². The number of hydrogen-bond acceptors (Lipinski definition) is 1. The number of hydrogen-bond donors (Lipinski definition) is 0. The summed E-state index contributed by atoms with van der Waals surface area (Å²) < 4.78 is 25.7. The van der Waals surface area contributed by atoms with E-state index in [0.29, 0.717) is 5.56 Å². The van der Waals surface area contributed by atoms with Crippen molar-refractivity contribution in [1.82, 2.24) is 4.90 Å². The number of carbonyl (C=O) groups excluding carboxylic acids is 1. The Morgan fingerprint density at radius 2 is 1.88 bits per heavy atom. The summed E-state index contributed by atoms with van der Waals surface area (Å²) in [6, 6.07) is 1.84. The third kappa shape index (κ3) is 2.85. The molecule has 0 N–H and O–H groups in total. The van der Waals surface area contributed by atoms with Gasteiger partial charge in [-0.3, -0.25) is 4.79 Å². The van der Waals surface area contributed by atoms with Gasteiger partial charge in [0, 0.05) is 19.7 Å². The molecule has 0 spiro atoms. The Morgan fingerprint density at radius 3 is 2.44 bits per heavy atom. The van der Waals surface area contributed by atoms with Crippen molar-refractivity contribution in [3.05, 3.63) is 34.9 Å². The maximum atomic E-state index is 12.9. The Labute approximate surface area is 92.4 Å². The molecule has 86 valence electrons. The Kier molecular flexibility index (Phi) is 3.71. The molecular formula is C11H12F2N2O. The molecule has 1 aromatic rings. The van der Waals surface area contributed by atoms with Crippen LogP contribution in [-0.2, 0) is 0 Å². The van der Waals surface area contributed by atoms with Crippen LogP contribution in [0.5, 0.6) is 0 Å². The SMILES string of the molecule is Cc1cc(F)c(F)cc1C(=O)/N=C/N(C)C. The van der Waals surface area contributed by atoms with Crippen LogP contribution in [0.25, 0.3) is 0 Å². The molecule has 0 radical (unpaired) electrons. The minimum Gasteiger partial charge on any atom is -0.369 e. The fourth-order valence-corrected chi connectivity index (χ4v) is 1.11. The Morgan fingerprint density at radius 1 is 1.31 bits per heavy atom. The second kappa shape index (κ2) is 4.83. The van der Waals surface area contributed by atoms with E-state index >= 15 is 0 Å². The zero-order valence-electron chi connectivity index (χ0n) is 9.29. The molecule has 0 atom stereocenters. The lowest BCUT2D eigenvalue weighted by atomic mass is 10.1.